The van der Waals surface area contributed by atoms with Crippen molar-refractivity contribution < 1.29 is 4.79 Å². The molecule has 1 heterocycles. The van der Waals surface area contributed by atoms with Crippen molar-refractivity contribution in [3.63, 3.8) is 0 Å². The summed E-state index contributed by atoms with van der Waals surface area (Å²) in [5.74, 6) is 0.331. The average Bonchev–Trinajstić information content (AvgIpc) is 2.51. The van der Waals surface area contributed by atoms with Gasteiger partial charge in [-0.3, -0.25) is 9.28 Å². The maximum atomic E-state index is 12.1. The second-order valence-corrected chi connectivity index (χ2v) is 5.07. The van der Waals surface area contributed by atoms with Crippen molar-refractivity contribution in [2.24, 2.45) is 0 Å². The number of carbonyl (C=O) groups is 1. The zero-order valence-electron chi connectivity index (χ0n) is 9.79. The van der Waals surface area contributed by atoms with Crippen LogP contribution in [0.4, 0.5) is 5.69 Å². The summed E-state index contributed by atoms with van der Waals surface area (Å²) in [6.07, 6.45) is 2.78. The maximum Gasteiger partial charge on any atom is 0.169 e. The smallest absolute Gasteiger partial charge is 0.169 e. The molecular weight excluding hydrogens is 198 g/mol. The molecule has 0 amide bonds. The van der Waals surface area contributed by atoms with Crippen LogP contribution >= 0.6 is 0 Å². The van der Waals surface area contributed by atoms with Gasteiger partial charge in [-0.2, -0.15) is 0 Å². The van der Waals surface area contributed by atoms with Crippen LogP contribution in [0.2, 0.25) is 0 Å². The molecule has 0 N–H and O–H groups in total. The van der Waals surface area contributed by atoms with E-state index in [1.54, 1.807) is 0 Å². The van der Waals surface area contributed by atoms with E-state index in [2.05, 4.69) is 32.3 Å². The first-order valence-corrected chi connectivity index (χ1v) is 5.83. The summed E-state index contributed by atoms with van der Waals surface area (Å²) >= 11 is 0. The summed E-state index contributed by atoms with van der Waals surface area (Å²) in [6, 6.07) is 8.31. The molecule has 1 aliphatic carbocycles. The Bertz CT molecular complexity index is 511. The molecule has 0 bridgehead atoms. The van der Waals surface area contributed by atoms with Gasteiger partial charge in [0.05, 0.1) is 25.2 Å². The molecule has 0 spiro atoms. The number of rotatable bonds is 0. The molecule has 0 fully saturated rings. The Labute approximate surface area is 95.8 Å². The molecule has 0 saturated carbocycles. The molecule has 0 saturated heterocycles. The fourth-order valence-corrected chi connectivity index (χ4v) is 3.01. The van der Waals surface area contributed by atoms with Crippen molar-refractivity contribution >= 4 is 17.0 Å². The van der Waals surface area contributed by atoms with E-state index in [0.717, 1.165) is 28.5 Å². The number of allylic oxidation sites excluding steroid dienone is 2. The fraction of sp³-hybridized carbons (Fsp3) is 0.357. The number of ketones is 1. The summed E-state index contributed by atoms with van der Waals surface area (Å²) in [6.45, 7) is 0. The second kappa shape index (κ2) is 3.05. The molecule has 3 rings (SSSR count). The first-order valence-electron chi connectivity index (χ1n) is 5.83. The third kappa shape index (κ3) is 1.08. The van der Waals surface area contributed by atoms with E-state index in [-0.39, 0.29) is 0 Å². The van der Waals surface area contributed by atoms with Crippen molar-refractivity contribution in [1.29, 1.82) is 0 Å². The Kier molecular flexibility index (Phi) is 1.86. The summed E-state index contributed by atoms with van der Waals surface area (Å²) in [5, 5.41) is 0. The van der Waals surface area contributed by atoms with Gasteiger partial charge in [0, 0.05) is 18.9 Å². The Morgan fingerprint density at radius 2 is 1.88 bits per heavy atom. The van der Waals surface area contributed by atoms with Crippen molar-refractivity contribution in [1.82, 2.24) is 4.48 Å². The highest BCUT2D eigenvalue weighted by atomic mass is 16.1. The van der Waals surface area contributed by atoms with Gasteiger partial charge in [-0.15, -0.1) is 0 Å². The molecule has 0 radical (unpaired) electrons. The van der Waals surface area contributed by atoms with Crippen LogP contribution in [0.15, 0.2) is 30.0 Å². The van der Waals surface area contributed by atoms with Crippen LogP contribution in [-0.4, -0.2) is 19.9 Å². The summed E-state index contributed by atoms with van der Waals surface area (Å²) < 4.78 is 0.761. The van der Waals surface area contributed by atoms with Gasteiger partial charge < -0.3 is 0 Å². The molecule has 0 aromatic heterocycles. The standard InChI is InChI=1S/C14H16NO/c1-15(2)11-7-4-3-6-10(11)14-12(15)8-5-9-13(14)16/h3-4,6-7H,5,8-9H2,1-2H3/q+1. The first kappa shape index (κ1) is 9.79. The van der Waals surface area contributed by atoms with Gasteiger partial charge in [-0.05, 0) is 12.5 Å². The van der Waals surface area contributed by atoms with Crippen molar-refractivity contribution in [2.45, 2.75) is 19.3 Å². The normalized spacial score (nSPS) is 22.0. The Morgan fingerprint density at radius 1 is 1.12 bits per heavy atom. The van der Waals surface area contributed by atoms with Gasteiger partial charge in [0.1, 0.15) is 11.4 Å². The van der Waals surface area contributed by atoms with Crippen molar-refractivity contribution in [3.8, 4) is 0 Å². The Morgan fingerprint density at radius 3 is 2.69 bits per heavy atom. The zero-order chi connectivity index (χ0) is 11.3. The number of benzene rings is 1. The average molecular weight is 214 g/mol. The lowest BCUT2D eigenvalue weighted by atomic mass is 9.92. The third-order valence-electron chi connectivity index (χ3n) is 3.84. The van der Waals surface area contributed by atoms with E-state index >= 15 is 0 Å². The molecule has 2 aliphatic rings. The van der Waals surface area contributed by atoms with E-state index < -0.39 is 0 Å². The highest BCUT2D eigenvalue weighted by Gasteiger charge is 2.43. The molecule has 0 atom stereocenters. The van der Waals surface area contributed by atoms with Gasteiger partial charge in [-0.25, -0.2) is 0 Å². The first-order chi connectivity index (χ1) is 7.62. The number of hydrogen-bond donors (Lipinski definition) is 0. The predicted octanol–water partition coefficient (Wildman–Crippen LogP) is 2.73. The molecule has 82 valence electrons. The van der Waals surface area contributed by atoms with Crippen LogP contribution in [0.25, 0.3) is 5.57 Å². The topological polar surface area (TPSA) is 17.1 Å². The number of hydrogen-bond acceptors (Lipinski definition) is 1. The maximum absolute atomic E-state index is 12.1. The lowest BCUT2D eigenvalue weighted by molar-refractivity contribution is -0.114. The number of fused-ring (bicyclic) bond motifs is 2. The van der Waals surface area contributed by atoms with Crippen LogP contribution in [0, 0.1) is 0 Å². The van der Waals surface area contributed by atoms with Crippen LogP contribution in [0.5, 0.6) is 0 Å². The molecule has 2 heteroatoms. The lowest BCUT2D eigenvalue weighted by Gasteiger charge is -2.28. The number of para-hydroxylation sites is 1. The summed E-state index contributed by atoms with van der Waals surface area (Å²) in [7, 11) is 4.36. The highest BCUT2D eigenvalue weighted by Crippen LogP contribution is 2.47. The molecule has 1 aromatic rings. The minimum Gasteiger partial charge on any atom is -0.294 e. The quantitative estimate of drug-likeness (QED) is 0.607. The molecule has 2 nitrogen and oxygen atoms in total. The Balaban J connectivity index is 2.31. The summed E-state index contributed by atoms with van der Waals surface area (Å²) in [4.78, 5) is 12.1. The molecule has 1 aromatic carbocycles. The van der Waals surface area contributed by atoms with E-state index in [9.17, 15) is 4.79 Å². The van der Waals surface area contributed by atoms with Gasteiger partial charge in [0.15, 0.2) is 5.78 Å². The minimum absolute atomic E-state index is 0.331. The molecule has 1 aliphatic heterocycles. The summed E-state index contributed by atoms with van der Waals surface area (Å²) in [5.41, 5.74) is 4.74. The monoisotopic (exact) mass is 214 g/mol. The lowest BCUT2D eigenvalue weighted by Crippen LogP contribution is -2.38. The van der Waals surface area contributed by atoms with Crippen molar-refractivity contribution in [3.05, 3.63) is 35.5 Å². The predicted molar refractivity (Wildman–Crippen MR) is 65.9 cm³/mol. The van der Waals surface area contributed by atoms with Crippen LogP contribution in [-0.2, 0) is 4.79 Å². The van der Waals surface area contributed by atoms with Gasteiger partial charge in [0.25, 0.3) is 0 Å². The van der Waals surface area contributed by atoms with E-state index in [1.807, 2.05) is 6.07 Å². The van der Waals surface area contributed by atoms with Gasteiger partial charge in [-0.1, -0.05) is 12.1 Å². The number of Topliss-reactive ketones (excluding diaryl/α,β-unsaturated/α-hetero) is 1. The number of quaternary nitrogens is 1. The van der Waals surface area contributed by atoms with E-state index in [0.29, 0.717) is 12.2 Å². The zero-order valence-corrected chi connectivity index (χ0v) is 9.79. The van der Waals surface area contributed by atoms with Crippen LogP contribution < -0.4 is 4.48 Å². The third-order valence-corrected chi connectivity index (χ3v) is 3.84. The van der Waals surface area contributed by atoms with E-state index in [4.69, 9.17) is 0 Å². The fourth-order valence-electron chi connectivity index (χ4n) is 3.01. The number of carbonyl (C=O) groups excluding carboxylic acids is 1. The van der Waals surface area contributed by atoms with Crippen molar-refractivity contribution in [2.75, 3.05) is 14.1 Å². The molecular formula is C14H16NO+. The Hall–Kier alpha value is -1.41. The minimum atomic E-state index is 0.331. The van der Waals surface area contributed by atoms with Gasteiger partial charge >= 0.3 is 0 Å². The largest absolute Gasteiger partial charge is 0.294 e. The number of nitrogens with zero attached hydrogens (tertiary/aromatic N) is 1. The van der Waals surface area contributed by atoms with Crippen LogP contribution in [0.3, 0.4) is 0 Å². The molecule has 16 heavy (non-hydrogen) atoms. The SMILES string of the molecule is C[N+]1(C)C2=C(C(=O)CCC2)c2ccccc21. The second-order valence-electron chi connectivity index (χ2n) is 5.07. The molecule has 0 unspecified atom stereocenters. The van der Waals surface area contributed by atoms with E-state index in [1.165, 1.54) is 11.4 Å². The van der Waals surface area contributed by atoms with Crippen LogP contribution in [0.1, 0.15) is 24.8 Å². The van der Waals surface area contributed by atoms with Gasteiger partial charge in [0.2, 0.25) is 0 Å². The highest BCUT2D eigenvalue weighted by molar-refractivity contribution is 6.25.